The van der Waals surface area contributed by atoms with Crippen molar-refractivity contribution in [3.8, 4) is 5.75 Å². The van der Waals surface area contributed by atoms with Gasteiger partial charge in [0.05, 0.1) is 13.5 Å². The minimum atomic E-state index is -0.390. The number of nitrogens with one attached hydrogen (secondary N) is 1. The Morgan fingerprint density at radius 2 is 1.84 bits per heavy atom. The summed E-state index contributed by atoms with van der Waals surface area (Å²) in [5.74, 6) is -0.234. The Morgan fingerprint density at radius 1 is 1.16 bits per heavy atom. The van der Waals surface area contributed by atoms with Crippen molar-refractivity contribution in [2.75, 3.05) is 33.4 Å². The van der Waals surface area contributed by atoms with Crippen molar-refractivity contribution in [1.82, 2.24) is 10.2 Å². The van der Waals surface area contributed by atoms with Crippen LogP contribution in [0.15, 0.2) is 24.3 Å². The van der Waals surface area contributed by atoms with E-state index in [2.05, 4.69) is 10.1 Å². The van der Waals surface area contributed by atoms with Crippen molar-refractivity contribution in [3.63, 3.8) is 0 Å². The monoisotopic (exact) mass is 370 g/mol. The van der Waals surface area contributed by atoms with Gasteiger partial charge in [-0.2, -0.15) is 0 Å². The number of ether oxygens (including phenoxy) is 2. The summed E-state index contributed by atoms with van der Waals surface area (Å²) in [7, 11) is 1.30. The zero-order valence-electron chi connectivity index (χ0n) is 14.4. The lowest BCUT2D eigenvalue weighted by atomic mass is 10.3. The number of halogens is 1. The lowest BCUT2D eigenvalue weighted by Gasteiger charge is -2.22. The summed E-state index contributed by atoms with van der Waals surface area (Å²) in [6.07, 6.45) is 0.677. The molecule has 0 aliphatic heterocycles. The van der Waals surface area contributed by atoms with Gasteiger partial charge in [0.2, 0.25) is 5.91 Å². The molecule has 7 nitrogen and oxygen atoms in total. The number of hydrogen-bond donors (Lipinski definition) is 1. The number of rotatable bonds is 10. The quantitative estimate of drug-likeness (QED) is 0.500. The highest BCUT2D eigenvalue weighted by Crippen LogP contribution is 2.15. The summed E-state index contributed by atoms with van der Waals surface area (Å²) in [4.78, 5) is 36.1. The fraction of sp³-hybridized carbons (Fsp3) is 0.471. The molecule has 0 bridgehead atoms. The molecule has 0 heterocycles. The third kappa shape index (κ3) is 8.95. The molecule has 2 amide bonds. The molecule has 0 aliphatic rings. The maximum absolute atomic E-state index is 12.3. The average Bonchev–Trinajstić information content (AvgIpc) is 2.59. The summed E-state index contributed by atoms with van der Waals surface area (Å²) in [5, 5.41) is 3.25. The number of amides is 2. The van der Waals surface area contributed by atoms with Gasteiger partial charge >= 0.3 is 5.97 Å². The molecule has 0 aromatic heterocycles. The highest BCUT2D eigenvalue weighted by molar-refractivity contribution is 6.30. The molecule has 0 aliphatic carbocycles. The maximum Gasteiger partial charge on any atom is 0.307 e. The van der Waals surface area contributed by atoms with Crippen LogP contribution < -0.4 is 10.1 Å². The molecule has 0 spiro atoms. The minimum Gasteiger partial charge on any atom is -0.484 e. The summed E-state index contributed by atoms with van der Waals surface area (Å²) in [6.45, 7) is 2.37. The van der Waals surface area contributed by atoms with Crippen molar-refractivity contribution in [1.29, 1.82) is 0 Å². The van der Waals surface area contributed by atoms with E-state index in [0.29, 0.717) is 30.3 Å². The lowest BCUT2D eigenvalue weighted by molar-refractivity contribution is -0.142. The molecule has 1 rings (SSSR count). The molecule has 0 atom stereocenters. The van der Waals surface area contributed by atoms with Crippen LogP contribution in [0.2, 0.25) is 5.02 Å². The normalized spacial score (nSPS) is 10.0. The van der Waals surface area contributed by atoms with E-state index >= 15 is 0 Å². The number of carbonyl (C=O) groups excluding carboxylic acids is 3. The minimum absolute atomic E-state index is 0.101. The zero-order chi connectivity index (χ0) is 18.7. The first kappa shape index (κ1) is 20.8. The van der Waals surface area contributed by atoms with Crippen molar-refractivity contribution < 1.29 is 23.9 Å². The van der Waals surface area contributed by atoms with Crippen LogP contribution in [0, 0.1) is 0 Å². The van der Waals surface area contributed by atoms with Crippen molar-refractivity contribution in [3.05, 3.63) is 29.3 Å². The number of carbonyl (C=O) groups is 3. The van der Waals surface area contributed by atoms with Crippen LogP contribution in [-0.2, 0) is 19.1 Å². The van der Waals surface area contributed by atoms with Gasteiger partial charge in [-0.05, 0) is 30.7 Å². The maximum atomic E-state index is 12.3. The van der Waals surface area contributed by atoms with Crippen LogP contribution in [0.25, 0.3) is 0 Å². The van der Waals surface area contributed by atoms with Crippen LogP contribution in [0.3, 0.4) is 0 Å². The zero-order valence-corrected chi connectivity index (χ0v) is 15.2. The molecule has 1 aromatic carbocycles. The highest BCUT2D eigenvalue weighted by atomic mass is 35.5. The molecular weight excluding hydrogens is 348 g/mol. The number of methoxy groups -OCH3 is 1. The smallest absolute Gasteiger partial charge is 0.307 e. The number of nitrogens with zero attached hydrogens (tertiary/aromatic N) is 1. The van der Waals surface area contributed by atoms with Gasteiger partial charge in [0.1, 0.15) is 5.75 Å². The second kappa shape index (κ2) is 11.3. The van der Waals surface area contributed by atoms with E-state index in [1.807, 2.05) is 0 Å². The second-order valence-corrected chi connectivity index (χ2v) is 5.72. The average molecular weight is 371 g/mol. The van der Waals surface area contributed by atoms with Gasteiger partial charge in [-0.25, -0.2) is 0 Å². The topological polar surface area (TPSA) is 84.9 Å². The third-order valence-corrected chi connectivity index (χ3v) is 3.57. The Hall–Kier alpha value is -2.28. The molecule has 8 heteroatoms. The van der Waals surface area contributed by atoms with Crippen molar-refractivity contribution in [2.24, 2.45) is 0 Å². The molecular formula is C17H23ClN2O5. The van der Waals surface area contributed by atoms with Gasteiger partial charge in [-0.1, -0.05) is 11.6 Å². The van der Waals surface area contributed by atoms with Crippen LogP contribution in [0.4, 0.5) is 0 Å². The molecule has 0 saturated heterocycles. The predicted octanol–water partition coefficient (Wildman–Crippen LogP) is 1.64. The molecule has 0 saturated carbocycles. The third-order valence-electron chi connectivity index (χ3n) is 3.32. The van der Waals surface area contributed by atoms with Crippen LogP contribution in [-0.4, -0.2) is 56.0 Å². The van der Waals surface area contributed by atoms with E-state index in [9.17, 15) is 14.4 Å². The van der Waals surface area contributed by atoms with Gasteiger partial charge in [0.25, 0.3) is 5.91 Å². The molecule has 25 heavy (non-hydrogen) atoms. The first-order valence-electron chi connectivity index (χ1n) is 7.89. The predicted molar refractivity (Wildman–Crippen MR) is 93.5 cm³/mol. The molecule has 138 valence electrons. The van der Waals surface area contributed by atoms with Gasteiger partial charge < -0.3 is 19.7 Å². The largest absolute Gasteiger partial charge is 0.484 e. The van der Waals surface area contributed by atoms with E-state index in [4.69, 9.17) is 16.3 Å². The summed E-state index contributed by atoms with van der Waals surface area (Å²) in [6, 6.07) is 6.68. The Kier molecular flexibility index (Phi) is 9.39. The fourth-order valence-corrected chi connectivity index (χ4v) is 2.12. The van der Waals surface area contributed by atoms with Gasteiger partial charge in [-0.3, -0.25) is 14.4 Å². The summed E-state index contributed by atoms with van der Waals surface area (Å²) >= 11 is 5.80. The van der Waals surface area contributed by atoms with Gasteiger partial charge in [-0.15, -0.1) is 0 Å². The Bertz CT molecular complexity index is 577. The lowest BCUT2D eigenvalue weighted by Crippen LogP contribution is -2.38. The molecule has 0 fully saturated rings. The Balaban J connectivity index is 2.52. The summed E-state index contributed by atoms with van der Waals surface area (Å²) < 4.78 is 10.0. The van der Waals surface area contributed by atoms with Crippen molar-refractivity contribution in [2.45, 2.75) is 19.8 Å². The van der Waals surface area contributed by atoms with E-state index in [1.54, 1.807) is 24.3 Å². The number of benzene rings is 1. The van der Waals surface area contributed by atoms with E-state index in [0.717, 1.165) is 0 Å². The van der Waals surface area contributed by atoms with E-state index < -0.39 is 5.97 Å². The van der Waals surface area contributed by atoms with Crippen molar-refractivity contribution >= 4 is 29.4 Å². The van der Waals surface area contributed by atoms with Gasteiger partial charge in [0, 0.05) is 31.6 Å². The first-order chi connectivity index (χ1) is 11.9. The Morgan fingerprint density at radius 3 is 2.44 bits per heavy atom. The number of esters is 1. The molecule has 1 aromatic rings. The van der Waals surface area contributed by atoms with Crippen LogP contribution >= 0.6 is 11.6 Å². The first-order valence-corrected chi connectivity index (χ1v) is 8.27. The molecule has 0 unspecified atom stereocenters. The SMILES string of the molecule is COC(=O)CCN(CCCNC(C)=O)C(=O)COc1ccc(Cl)cc1. The molecule has 0 radical (unpaired) electrons. The van der Waals surface area contributed by atoms with E-state index in [1.165, 1.54) is 18.9 Å². The number of hydrogen-bond acceptors (Lipinski definition) is 5. The fourth-order valence-electron chi connectivity index (χ4n) is 1.99. The molecule has 1 N–H and O–H groups in total. The van der Waals surface area contributed by atoms with Crippen LogP contribution in [0.5, 0.6) is 5.75 Å². The second-order valence-electron chi connectivity index (χ2n) is 5.29. The highest BCUT2D eigenvalue weighted by Gasteiger charge is 2.16. The van der Waals surface area contributed by atoms with E-state index in [-0.39, 0.29) is 31.4 Å². The standard InChI is InChI=1S/C17H23ClN2O5/c1-13(21)19-9-3-10-20(11-8-17(23)24-2)16(22)12-25-15-6-4-14(18)5-7-15/h4-7H,3,8-12H2,1-2H3,(H,19,21). The Labute approximate surface area is 152 Å². The summed E-state index contributed by atoms with van der Waals surface area (Å²) in [5.41, 5.74) is 0. The van der Waals surface area contributed by atoms with Gasteiger partial charge in [0.15, 0.2) is 6.61 Å². The van der Waals surface area contributed by atoms with Crippen LogP contribution in [0.1, 0.15) is 19.8 Å².